The summed E-state index contributed by atoms with van der Waals surface area (Å²) in [4.78, 5) is 27.0. The van der Waals surface area contributed by atoms with E-state index in [1.54, 1.807) is 17.0 Å². The van der Waals surface area contributed by atoms with Crippen LogP contribution >= 0.6 is 0 Å². The second kappa shape index (κ2) is 10.1. The van der Waals surface area contributed by atoms with Crippen molar-refractivity contribution in [3.05, 3.63) is 101 Å². The lowest BCUT2D eigenvalue weighted by Gasteiger charge is -2.32. The van der Waals surface area contributed by atoms with Crippen LogP contribution in [0.3, 0.4) is 0 Å². The van der Waals surface area contributed by atoms with E-state index in [0.29, 0.717) is 49.4 Å². The van der Waals surface area contributed by atoms with E-state index in [4.69, 9.17) is 4.74 Å². The van der Waals surface area contributed by atoms with Crippen molar-refractivity contribution >= 4 is 11.8 Å². The summed E-state index contributed by atoms with van der Waals surface area (Å²) in [6.07, 6.45) is 1.36. The zero-order valence-electron chi connectivity index (χ0n) is 17.7. The number of halogens is 1. The van der Waals surface area contributed by atoms with Gasteiger partial charge < -0.3 is 15.0 Å². The van der Waals surface area contributed by atoms with Gasteiger partial charge in [-0.05, 0) is 66.9 Å². The maximum Gasteiger partial charge on any atom is 0.253 e. The SMILES string of the molecule is O=C(NC1CCN(C(=O)c2ccc(OCc3ccccc3)cc2)CC1)c1ccc(F)cc1. The lowest BCUT2D eigenvalue weighted by Crippen LogP contribution is -2.46. The molecule has 32 heavy (non-hydrogen) atoms. The number of amides is 2. The maximum atomic E-state index is 13.0. The molecule has 1 saturated heterocycles. The predicted octanol–water partition coefficient (Wildman–Crippen LogP) is 4.44. The molecule has 3 aromatic rings. The van der Waals surface area contributed by atoms with Crippen LogP contribution in [-0.4, -0.2) is 35.8 Å². The molecule has 1 aliphatic heterocycles. The van der Waals surface area contributed by atoms with Crippen molar-refractivity contribution in [1.29, 1.82) is 0 Å². The molecule has 164 valence electrons. The fourth-order valence-electron chi connectivity index (χ4n) is 3.71. The highest BCUT2D eigenvalue weighted by atomic mass is 19.1. The van der Waals surface area contributed by atoms with Crippen LogP contribution in [-0.2, 0) is 6.61 Å². The Bertz CT molecular complexity index is 1040. The Kier molecular flexibility index (Phi) is 6.80. The highest BCUT2D eigenvalue weighted by Gasteiger charge is 2.25. The zero-order valence-corrected chi connectivity index (χ0v) is 17.7. The third-order valence-electron chi connectivity index (χ3n) is 5.57. The van der Waals surface area contributed by atoms with Crippen LogP contribution in [0.5, 0.6) is 5.75 Å². The highest BCUT2D eigenvalue weighted by Crippen LogP contribution is 2.18. The van der Waals surface area contributed by atoms with Gasteiger partial charge in [-0.2, -0.15) is 0 Å². The molecular formula is C26H25FN2O3. The van der Waals surface area contributed by atoms with Gasteiger partial charge in [0.2, 0.25) is 0 Å². The Hall–Kier alpha value is -3.67. The average Bonchev–Trinajstić information content (AvgIpc) is 2.84. The summed E-state index contributed by atoms with van der Waals surface area (Å²) in [6, 6.07) is 22.6. The number of likely N-dealkylation sites (tertiary alicyclic amines) is 1. The summed E-state index contributed by atoms with van der Waals surface area (Å²) < 4.78 is 18.8. The standard InChI is InChI=1S/C26H25FN2O3/c27-22-10-6-20(7-11-22)25(30)28-23-14-16-29(17-15-23)26(31)21-8-12-24(13-9-21)32-18-19-4-2-1-3-5-19/h1-13,23H,14-18H2,(H,28,30). The van der Waals surface area contributed by atoms with E-state index < -0.39 is 0 Å². The Morgan fingerprint density at radius 2 is 1.50 bits per heavy atom. The fraction of sp³-hybridized carbons (Fsp3) is 0.231. The molecule has 2 amide bonds. The first-order valence-corrected chi connectivity index (χ1v) is 10.7. The summed E-state index contributed by atoms with van der Waals surface area (Å²) in [5.74, 6) is 0.0977. The first-order valence-electron chi connectivity index (χ1n) is 10.7. The van der Waals surface area contributed by atoms with Crippen LogP contribution in [0.15, 0.2) is 78.9 Å². The number of hydrogen-bond donors (Lipinski definition) is 1. The van der Waals surface area contributed by atoms with Gasteiger partial charge in [-0.25, -0.2) is 4.39 Å². The zero-order chi connectivity index (χ0) is 22.3. The van der Waals surface area contributed by atoms with Crippen molar-refractivity contribution in [2.24, 2.45) is 0 Å². The minimum absolute atomic E-state index is 0.00892. The molecule has 1 N–H and O–H groups in total. The van der Waals surface area contributed by atoms with E-state index in [1.165, 1.54) is 24.3 Å². The largest absolute Gasteiger partial charge is 0.489 e. The molecule has 1 aliphatic rings. The van der Waals surface area contributed by atoms with Crippen LogP contribution < -0.4 is 10.1 Å². The minimum atomic E-state index is -0.371. The molecule has 0 radical (unpaired) electrons. The first-order chi connectivity index (χ1) is 15.6. The van der Waals surface area contributed by atoms with Crippen molar-refractivity contribution < 1.29 is 18.7 Å². The summed E-state index contributed by atoms with van der Waals surface area (Å²) in [5.41, 5.74) is 2.13. The second-order valence-electron chi connectivity index (χ2n) is 7.85. The number of carbonyl (C=O) groups excluding carboxylic acids is 2. The summed E-state index contributed by atoms with van der Waals surface area (Å²) >= 11 is 0. The van der Waals surface area contributed by atoms with Gasteiger partial charge in [0.25, 0.3) is 11.8 Å². The van der Waals surface area contributed by atoms with Gasteiger partial charge >= 0.3 is 0 Å². The average molecular weight is 432 g/mol. The number of ether oxygens (including phenoxy) is 1. The second-order valence-corrected chi connectivity index (χ2v) is 7.85. The molecule has 0 unspecified atom stereocenters. The number of nitrogens with one attached hydrogen (secondary N) is 1. The lowest BCUT2D eigenvalue weighted by molar-refractivity contribution is 0.0698. The third-order valence-corrected chi connectivity index (χ3v) is 5.57. The molecule has 6 heteroatoms. The molecule has 3 aromatic carbocycles. The molecule has 0 aliphatic carbocycles. The minimum Gasteiger partial charge on any atom is -0.489 e. The quantitative estimate of drug-likeness (QED) is 0.627. The topological polar surface area (TPSA) is 58.6 Å². The summed E-state index contributed by atoms with van der Waals surface area (Å²) in [5, 5.41) is 2.97. The number of benzene rings is 3. The van der Waals surface area contributed by atoms with Crippen LogP contribution in [0.2, 0.25) is 0 Å². The fourth-order valence-corrected chi connectivity index (χ4v) is 3.71. The van der Waals surface area contributed by atoms with E-state index in [-0.39, 0.29) is 23.7 Å². The molecule has 0 aromatic heterocycles. The number of nitrogens with zero attached hydrogens (tertiary/aromatic N) is 1. The number of hydrogen-bond acceptors (Lipinski definition) is 3. The van der Waals surface area contributed by atoms with Crippen molar-refractivity contribution in [1.82, 2.24) is 10.2 Å². The van der Waals surface area contributed by atoms with Crippen LogP contribution in [0, 0.1) is 5.82 Å². The van der Waals surface area contributed by atoms with E-state index in [2.05, 4.69) is 5.32 Å². The van der Waals surface area contributed by atoms with Crippen LogP contribution in [0.1, 0.15) is 39.1 Å². The van der Waals surface area contributed by atoms with Gasteiger partial charge in [-0.3, -0.25) is 9.59 Å². The molecule has 5 nitrogen and oxygen atoms in total. The number of carbonyl (C=O) groups is 2. The first kappa shape index (κ1) is 21.6. The van der Waals surface area contributed by atoms with E-state index in [0.717, 1.165) is 5.56 Å². The van der Waals surface area contributed by atoms with E-state index in [1.807, 2.05) is 42.5 Å². The lowest BCUT2D eigenvalue weighted by atomic mass is 10.0. The highest BCUT2D eigenvalue weighted by molar-refractivity contribution is 5.95. The molecule has 1 fully saturated rings. The summed E-state index contributed by atoms with van der Waals surface area (Å²) in [7, 11) is 0. The third kappa shape index (κ3) is 5.52. The molecule has 0 bridgehead atoms. The van der Waals surface area contributed by atoms with Crippen molar-refractivity contribution in [3.8, 4) is 5.75 Å². The molecule has 1 heterocycles. The van der Waals surface area contributed by atoms with Gasteiger partial charge in [0, 0.05) is 30.3 Å². The van der Waals surface area contributed by atoms with Crippen molar-refractivity contribution in [2.75, 3.05) is 13.1 Å². The van der Waals surface area contributed by atoms with Gasteiger partial charge in [-0.1, -0.05) is 30.3 Å². The van der Waals surface area contributed by atoms with Gasteiger partial charge in [-0.15, -0.1) is 0 Å². The normalized spacial score (nSPS) is 14.1. The maximum absolute atomic E-state index is 13.0. The predicted molar refractivity (Wildman–Crippen MR) is 120 cm³/mol. The van der Waals surface area contributed by atoms with Crippen LogP contribution in [0.25, 0.3) is 0 Å². The van der Waals surface area contributed by atoms with Gasteiger partial charge in [0.15, 0.2) is 0 Å². The number of piperidine rings is 1. The monoisotopic (exact) mass is 432 g/mol. The smallest absolute Gasteiger partial charge is 0.253 e. The Morgan fingerprint density at radius 1 is 0.875 bits per heavy atom. The Morgan fingerprint density at radius 3 is 2.16 bits per heavy atom. The van der Waals surface area contributed by atoms with E-state index in [9.17, 15) is 14.0 Å². The Balaban J connectivity index is 1.25. The molecule has 4 rings (SSSR count). The Labute approximate surface area is 186 Å². The van der Waals surface area contributed by atoms with Gasteiger partial charge in [0.1, 0.15) is 18.2 Å². The van der Waals surface area contributed by atoms with Gasteiger partial charge in [0.05, 0.1) is 0 Å². The molecule has 0 atom stereocenters. The molecular weight excluding hydrogens is 407 g/mol. The summed E-state index contributed by atoms with van der Waals surface area (Å²) in [6.45, 7) is 1.62. The molecule has 0 saturated carbocycles. The molecule has 0 spiro atoms. The van der Waals surface area contributed by atoms with Crippen LogP contribution in [0.4, 0.5) is 4.39 Å². The number of rotatable bonds is 6. The van der Waals surface area contributed by atoms with E-state index >= 15 is 0 Å². The van der Waals surface area contributed by atoms with Crippen molar-refractivity contribution in [3.63, 3.8) is 0 Å². The van der Waals surface area contributed by atoms with Crippen molar-refractivity contribution in [2.45, 2.75) is 25.5 Å².